The lowest BCUT2D eigenvalue weighted by atomic mass is 10.1. The molecule has 3 rings (SSSR count). The maximum absolute atomic E-state index is 12.4. The molecule has 2 aromatic rings. The number of furan rings is 1. The van der Waals surface area contributed by atoms with Gasteiger partial charge in [-0.1, -0.05) is 23.9 Å². The van der Waals surface area contributed by atoms with Crippen molar-refractivity contribution in [1.82, 2.24) is 5.01 Å². The Morgan fingerprint density at radius 3 is 2.79 bits per heavy atom. The van der Waals surface area contributed by atoms with Crippen LogP contribution in [0.15, 0.2) is 57.1 Å². The molecule has 1 fully saturated rings. The maximum Gasteiger partial charge on any atom is 0.286 e. The Balaban J connectivity index is 1.88. The number of nitrogens with zero attached hydrogens (tertiary/aromatic N) is 3. The number of rotatable bonds is 4. The Hall–Kier alpha value is -2.78. The quantitative estimate of drug-likeness (QED) is 0.273. The normalized spacial score (nSPS) is 16.5. The van der Waals surface area contributed by atoms with E-state index in [4.69, 9.17) is 16.6 Å². The number of thioether (sulfide) groups is 1. The maximum atomic E-state index is 12.4. The van der Waals surface area contributed by atoms with E-state index in [2.05, 4.69) is 5.10 Å². The number of thiocarbonyl (C=S) groups is 1. The van der Waals surface area contributed by atoms with Crippen LogP contribution in [0.2, 0.25) is 0 Å². The highest BCUT2D eigenvalue weighted by molar-refractivity contribution is 8.26. The van der Waals surface area contributed by atoms with Gasteiger partial charge in [0, 0.05) is 6.07 Å². The van der Waals surface area contributed by atoms with Crippen molar-refractivity contribution in [2.24, 2.45) is 5.10 Å². The molecule has 0 aliphatic carbocycles. The summed E-state index contributed by atoms with van der Waals surface area (Å²) < 4.78 is 5.34. The Labute approximate surface area is 145 Å². The van der Waals surface area contributed by atoms with Gasteiger partial charge in [0.2, 0.25) is 0 Å². The van der Waals surface area contributed by atoms with Crippen molar-refractivity contribution in [2.45, 2.75) is 0 Å². The molecule has 9 heteroatoms. The summed E-state index contributed by atoms with van der Waals surface area (Å²) in [5, 5.41) is 16.1. The van der Waals surface area contributed by atoms with Crippen LogP contribution in [0.5, 0.6) is 0 Å². The van der Waals surface area contributed by atoms with Crippen molar-refractivity contribution in [3.8, 4) is 0 Å². The lowest BCUT2D eigenvalue weighted by molar-refractivity contribution is -0.385. The highest BCUT2D eigenvalue weighted by Crippen LogP contribution is 2.34. The van der Waals surface area contributed by atoms with Gasteiger partial charge < -0.3 is 4.42 Å². The van der Waals surface area contributed by atoms with Crippen molar-refractivity contribution in [3.63, 3.8) is 0 Å². The van der Waals surface area contributed by atoms with Gasteiger partial charge in [-0.05, 0) is 36.5 Å². The zero-order valence-corrected chi connectivity index (χ0v) is 13.6. The number of hydrogen-bond acceptors (Lipinski definition) is 7. The largest absolute Gasteiger partial charge is 0.463 e. The van der Waals surface area contributed by atoms with E-state index in [0.717, 1.165) is 16.8 Å². The number of hydrogen-bond donors (Lipinski definition) is 0. The smallest absolute Gasteiger partial charge is 0.286 e. The molecule has 24 heavy (non-hydrogen) atoms. The van der Waals surface area contributed by atoms with Crippen LogP contribution in [0.3, 0.4) is 0 Å². The number of carbonyl (C=O) groups excluding carboxylic acids is 1. The first kappa shape index (κ1) is 16.1. The summed E-state index contributed by atoms with van der Waals surface area (Å²) in [4.78, 5) is 23.2. The molecule has 0 spiro atoms. The van der Waals surface area contributed by atoms with E-state index in [9.17, 15) is 14.9 Å². The van der Waals surface area contributed by atoms with E-state index < -0.39 is 10.8 Å². The summed E-state index contributed by atoms with van der Waals surface area (Å²) in [5.74, 6) is 0.0395. The fourth-order valence-electron chi connectivity index (χ4n) is 1.96. The number of nitro groups is 1. The molecular formula is C15H9N3O4S2. The van der Waals surface area contributed by atoms with Gasteiger partial charge in [0.05, 0.1) is 27.9 Å². The zero-order chi connectivity index (χ0) is 17.1. The van der Waals surface area contributed by atoms with Crippen LogP contribution in [-0.2, 0) is 4.79 Å². The molecule has 1 saturated heterocycles. The number of benzene rings is 1. The average molecular weight is 359 g/mol. The summed E-state index contributed by atoms with van der Waals surface area (Å²) in [7, 11) is 0. The van der Waals surface area contributed by atoms with E-state index in [0.29, 0.717) is 11.3 Å². The molecule has 1 aliphatic rings. The van der Waals surface area contributed by atoms with Crippen LogP contribution >= 0.6 is 24.0 Å². The van der Waals surface area contributed by atoms with Gasteiger partial charge in [-0.15, -0.1) is 0 Å². The first-order chi connectivity index (χ1) is 11.6. The fourth-order valence-corrected chi connectivity index (χ4v) is 3.12. The molecule has 1 amide bonds. The summed E-state index contributed by atoms with van der Waals surface area (Å²) in [5.41, 5.74) is 0.250. The minimum atomic E-state index is -0.498. The highest BCUT2D eigenvalue weighted by atomic mass is 32.2. The van der Waals surface area contributed by atoms with Crippen molar-refractivity contribution in [2.75, 3.05) is 0 Å². The second kappa shape index (κ2) is 6.77. The van der Waals surface area contributed by atoms with E-state index in [-0.39, 0.29) is 14.9 Å². The summed E-state index contributed by atoms with van der Waals surface area (Å²) in [6.07, 6.45) is 4.30. The molecule has 7 nitrogen and oxygen atoms in total. The molecule has 2 heterocycles. The molecule has 0 atom stereocenters. The number of nitro benzene ring substituents is 1. The summed E-state index contributed by atoms with van der Waals surface area (Å²) in [6.45, 7) is 0. The van der Waals surface area contributed by atoms with Gasteiger partial charge in [0.1, 0.15) is 5.76 Å². The molecule has 1 aromatic heterocycles. The first-order valence-electron chi connectivity index (χ1n) is 6.65. The average Bonchev–Trinajstić information content (AvgIpc) is 3.16. The topological polar surface area (TPSA) is 89.0 Å². The molecule has 0 N–H and O–H groups in total. The Kier molecular flexibility index (Phi) is 4.54. The van der Waals surface area contributed by atoms with Crippen molar-refractivity contribution in [1.29, 1.82) is 0 Å². The standard InChI is InChI=1S/C15H9N3O4S2/c19-14-13(8-10-4-1-2-6-12(10)18(20)21)24-15(23)17(14)16-9-11-5-3-7-22-11/h1-9H/b13-8+,16-9+. The Morgan fingerprint density at radius 1 is 1.29 bits per heavy atom. The predicted molar refractivity (Wildman–Crippen MR) is 94.4 cm³/mol. The third-order valence-corrected chi connectivity index (χ3v) is 4.32. The van der Waals surface area contributed by atoms with Gasteiger partial charge >= 0.3 is 0 Å². The zero-order valence-electron chi connectivity index (χ0n) is 12.0. The number of hydrazone groups is 1. The summed E-state index contributed by atoms with van der Waals surface area (Å²) in [6, 6.07) is 9.55. The minimum absolute atomic E-state index is 0.0816. The molecule has 0 radical (unpaired) electrons. The molecule has 1 aromatic carbocycles. The Morgan fingerprint density at radius 2 is 2.08 bits per heavy atom. The summed E-state index contributed by atoms with van der Waals surface area (Å²) >= 11 is 6.18. The molecule has 0 unspecified atom stereocenters. The van der Waals surface area contributed by atoms with E-state index in [1.807, 2.05) is 0 Å². The second-order valence-corrected chi connectivity index (χ2v) is 6.25. The molecule has 120 valence electrons. The van der Waals surface area contributed by atoms with Crippen LogP contribution < -0.4 is 0 Å². The van der Waals surface area contributed by atoms with E-state index in [1.165, 1.54) is 24.6 Å². The van der Waals surface area contributed by atoms with E-state index >= 15 is 0 Å². The number of carbonyl (C=O) groups is 1. The molecule has 0 saturated carbocycles. The van der Waals surface area contributed by atoms with E-state index in [1.54, 1.807) is 30.3 Å². The van der Waals surface area contributed by atoms with Gasteiger partial charge in [-0.25, -0.2) is 0 Å². The van der Waals surface area contributed by atoms with Crippen LogP contribution in [0.25, 0.3) is 6.08 Å². The van der Waals surface area contributed by atoms with Gasteiger partial charge in [-0.2, -0.15) is 10.1 Å². The molecule has 1 aliphatic heterocycles. The fraction of sp³-hybridized carbons (Fsp3) is 0. The van der Waals surface area contributed by atoms with Gasteiger partial charge in [0.15, 0.2) is 4.32 Å². The van der Waals surface area contributed by atoms with Gasteiger partial charge in [0.25, 0.3) is 11.6 Å². The lowest BCUT2D eigenvalue weighted by Gasteiger charge is -2.05. The monoisotopic (exact) mass is 359 g/mol. The second-order valence-electron chi connectivity index (χ2n) is 4.57. The predicted octanol–water partition coefficient (Wildman–Crippen LogP) is 3.42. The Bertz CT molecular complexity index is 875. The van der Waals surface area contributed by atoms with Crippen molar-refractivity contribution >= 4 is 52.2 Å². The van der Waals surface area contributed by atoms with Crippen LogP contribution in [-0.4, -0.2) is 26.4 Å². The van der Waals surface area contributed by atoms with Crippen LogP contribution in [0.1, 0.15) is 11.3 Å². The number of amides is 1. The number of para-hydroxylation sites is 1. The third kappa shape index (κ3) is 3.26. The molecular weight excluding hydrogens is 350 g/mol. The first-order valence-corrected chi connectivity index (χ1v) is 7.87. The minimum Gasteiger partial charge on any atom is -0.463 e. The molecule has 0 bridgehead atoms. The van der Waals surface area contributed by atoms with Crippen molar-refractivity contribution in [3.05, 3.63) is 69.0 Å². The van der Waals surface area contributed by atoms with Crippen LogP contribution in [0, 0.1) is 10.1 Å². The van der Waals surface area contributed by atoms with Gasteiger partial charge in [-0.3, -0.25) is 14.9 Å². The highest BCUT2D eigenvalue weighted by Gasteiger charge is 2.32. The van der Waals surface area contributed by atoms with Crippen LogP contribution in [0.4, 0.5) is 5.69 Å². The van der Waals surface area contributed by atoms with Crippen molar-refractivity contribution < 1.29 is 14.1 Å². The SMILES string of the molecule is O=C1/C(=C\c2ccccc2[N+](=O)[O-])SC(=S)N1/N=C/c1ccco1. The third-order valence-electron chi connectivity index (χ3n) is 3.04. The lowest BCUT2D eigenvalue weighted by Crippen LogP contribution is -2.22.